The van der Waals surface area contributed by atoms with Crippen LogP contribution in [0, 0.1) is 0 Å². The van der Waals surface area contributed by atoms with Crippen LogP contribution in [0.15, 0.2) is 77.4 Å². The van der Waals surface area contributed by atoms with Crippen LogP contribution in [0.1, 0.15) is 33.5 Å². The van der Waals surface area contributed by atoms with Crippen LogP contribution in [-0.2, 0) is 13.0 Å². The predicted molar refractivity (Wildman–Crippen MR) is 124 cm³/mol. The molecular formula is C24H22N6O4. The van der Waals surface area contributed by atoms with Crippen molar-refractivity contribution >= 4 is 17.9 Å². The molecule has 1 aromatic carbocycles. The number of hydrogen-bond acceptors (Lipinski definition) is 7. The lowest BCUT2D eigenvalue weighted by molar-refractivity contribution is 0.0945. The second kappa shape index (κ2) is 10.3. The van der Waals surface area contributed by atoms with E-state index in [4.69, 9.17) is 10.2 Å². The van der Waals surface area contributed by atoms with Crippen molar-refractivity contribution in [1.29, 1.82) is 0 Å². The first-order chi connectivity index (χ1) is 16.5. The normalized spacial score (nSPS) is 11.5. The van der Waals surface area contributed by atoms with Crippen LogP contribution >= 0.6 is 0 Å². The fourth-order valence-electron chi connectivity index (χ4n) is 3.43. The molecule has 0 saturated carbocycles. The third kappa shape index (κ3) is 5.74. The van der Waals surface area contributed by atoms with Gasteiger partial charge in [-0.25, -0.2) is 14.8 Å². The number of nitrogens with one attached hydrogen (secondary N) is 2. The Morgan fingerprint density at radius 3 is 2.50 bits per heavy atom. The molecule has 3 aromatic heterocycles. The van der Waals surface area contributed by atoms with Gasteiger partial charge in [-0.1, -0.05) is 36.4 Å². The number of pyridine rings is 1. The van der Waals surface area contributed by atoms with Gasteiger partial charge in [0.05, 0.1) is 24.5 Å². The van der Waals surface area contributed by atoms with Crippen molar-refractivity contribution < 1.29 is 19.1 Å². The van der Waals surface area contributed by atoms with E-state index in [9.17, 15) is 14.7 Å². The van der Waals surface area contributed by atoms with Crippen LogP contribution < -0.4 is 16.4 Å². The number of nitrogen functional groups attached to an aromatic ring is 1. The zero-order chi connectivity index (χ0) is 23.9. The number of aromatic nitrogens is 3. The van der Waals surface area contributed by atoms with Crippen molar-refractivity contribution in [2.75, 3.05) is 5.73 Å². The Morgan fingerprint density at radius 2 is 1.76 bits per heavy atom. The number of furan rings is 1. The van der Waals surface area contributed by atoms with Gasteiger partial charge in [-0.3, -0.25) is 9.78 Å². The van der Waals surface area contributed by atoms with Gasteiger partial charge in [-0.05, 0) is 35.9 Å². The smallest absolute Gasteiger partial charge is 0.405 e. The first-order valence-electron chi connectivity index (χ1n) is 10.4. The molecule has 0 aliphatic carbocycles. The minimum absolute atomic E-state index is 0.0444. The van der Waals surface area contributed by atoms with E-state index >= 15 is 0 Å². The summed E-state index contributed by atoms with van der Waals surface area (Å²) in [6.45, 7) is 0.148. The fraction of sp³-hybridized carbons (Fsp3) is 0.125. The highest BCUT2D eigenvalue weighted by molar-refractivity contribution is 5.93. The van der Waals surface area contributed by atoms with E-state index in [2.05, 4.69) is 25.6 Å². The summed E-state index contributed by atoms with van der Waals surface area (Å²) in [7, 11) is 0. The summed E-state index contributed by atoms with van der Waals surface area (Å²) < 4.78 is 5.31. The molecule has 172 valence electrons. The van der Waals surface area contributed by atoms with E-state index in [1.165, 1.54) is 12.3 Å². The fourth-order valence-corrected chi connectivity index (χ4v) is 3.43. The molecule has 10 nitrogen and oxygen atoms in total. The molecule has 3 heterocycles. The van der Waals surface area contributed by atoms with Gasteiger partial charge in [0.25, 0.3) is 5.91 Å². The van der Waals surface area contributed by atoms with E-state index < -0.39 is 18.0 Å². The molecule has 0 aliphatic heterocycles. The third-order valence-corrected chi connectivity index (χ3v) is 4.96. The lowest BCUT2D eigenvalue weighted by atomic mass is 10.0. The lowest BCUT2D eigenvalue weighted by Gasteiger charge is -2.17. The standard InChI is InChI=1S/C24H22N6O4/c25-23-28-19(21-10-5-11-34-21)13-20(29-23)22(31)26-14-17-9-4-8-16(27-17)12-18(30-24(32)33)15-6-2-1-3-7-15/h1-11,13,18,30H,12,14H2,(H,26,31)(H,32,33)(H2,25,28,29). The van der Waals surface area contributed by atoms with Crippen LogP contribution in [0.25, 0.3) is 11.5 Å². The molecule has 5 N–H and O–H groups in total. The Hall–Kier alpha value is -4.73. The second-order valence-electron chi connectivity index (χ2n) is 7.39. The SMILES string of the molecule is Nc1nc(C(=O)NCc2cccc(CC(NC(=O)O)c3ccccc3)n2)cc(-c2ccco2)n1. The highest BCUT2D eigenvalue weighted by Crippen LogP contribution is 2.20. The maximum Gasteiger partial charge on any atom is 0.405 e. The Labute approximate surface area is 194 Å². The molecule has 1 unspecified atom stereocenters. The Kier molecular flexibility index (Phi) is 6.78. The number of rotatable bonds is 8. The summed E-state index contributed by atoms with van der Waals surface area (Å²) in [4.78, 5) is 36.6. The highest BCUT2D eigenvalue weighted by Gasteiger charge is 2.16. The van der Waals surface area contributed by atoms with E-state index in [1.54, 1.807) is 18.2 Å². The van der Waals surface area contributed by atoms with E-state index in [0.717, 1.165) is 5.56 Å². The van der Waals surface area contributed by atoms with Crippen molar-refractivity contribution in [1.82, 2.24) is 25.6 Å². The van der Waals surface area contributed by atoms with Gasteiger partial charge in [0.15, 0.2) is 5.76 Å². The Bertz CT molecular complexity index is 1280. The van der Waals surface area contributed by atoms with E-state index in [-0.39, 0.29) is 18.2 Å². The van der Waals surface area contributed by atoms with E-state index in [1.807, 2.05) is 42.5 Å². The van der Waals surface area contributed by atoms with Crippen molar-refractivity contribution in [2.45, 2.75) is 19.0 Å². The maximum atomic E-state index is 12.7. The summed E-state index contributed by atoms with van der Waals surface area (Å²) in [5.74, 6) is -0.0127. The van der Waals surface area contributed by atoms with Crippen molar-refractivity contribution in [3.63, 3.8) is 0 Å². The Morgan fingerprint density at radius 1 is 0.971 bits per heavy atom. The highest BCUT2D eigenvalue weighted by atomic mass is 16.4. The number of nitrogens with two attached hydrogens (primary N) is 1. The van der Waals surface area contributed by atoms with E-state index in [0.29, 0.717) is 29.3 Å². The van der Waals surface area contributed by atoms with Crippen LogP contribution in [0.5, 0.6) is 0 Å². The van der Waals surface area contributed by atoms with Crippen molar-refractivity contribution in [3.05, 3.63) is 95.6 Å². The minimum Gasteiger partial charge on any atom is -0.465 e. The van der Waals surface area contributed by atoms with Crippen molar-refractivity contribution in [3.8, 4) is 11.5 Å². The number of benzene rings is 1. The quantitative estimate of drug-likeness (QED) is 0.314. The first kappa shape index (κ1) is 22.5. The van der Waals surface area contributed by atoms with Gasteiger partial charge in [0.2, 0.25) is 5.95 Å². The summed E-state index contributed by atoms with van der Waals surface area (Å²) >= 11 is 0. The molecule has 34 heavy (non-hydrogen) atoms. The number of carboxylic acid groups (broad SMARTS) is 1. The molecule has 0 bridgehead atoms. The van der Waals surface area contributed by atoms with Gasteiger partial charge in [0.1, 0.15) is 11.4 Å². The second-order valence-corrected chi connectivity index (χ2v) is 7.39. The number of carbonyl (C=O) groups is 2. The maximum absolute atomic E-state index is 12.7. The molecule has 4 aromatic rings. The molecular weight excluding hydrogens is 436 g/mol. The van der Waals surface area contributed by atoms with Gasteiger partial charge >= 0.3 is 6.09 Å². The van der Waals surface area contributed by atoms with Gasteiger partial charge in [0, 0.05) is 12.1 Å². The predicted octanol–water partition coefficient (Wildman–Crippen LogP) is 3.20. The van der Waals surface area contributed by atoms with Crippen LogP contribution in [0.4, 0.5) is 10.7 Å². The monoisotopic (exact) mass is 458 g/mol. The molecule has 1 atom stereocenters. The molecule has 0 saturated heterocycles. The largest absolute Gasteiger partial charge is 0.465 e. The number of amides is 2. The van der Waals surface area contributed by atoms with Gasteiger partial charge in [-0.15, -0.1) is 0 Å². The lowest BCUT2D eigenvalue weighted by Crippen LogP contribution is -2.29. The number of carbonyl (C=O) groups excluding carboxylic acids is 1. The summed E-state index contributed by atoms with van der Waals surface area (Å²) in [5, 5.41) is 14.5. The number of nitrogens with zero attached hydrogens (tertiary/aromatic N) is 3. The summed E-state index contributed by atoms with van der Waals surface area (Å²) in [5.41, 5.74) is 8.39. The minimum atomic E-state index is -1.12. The third-order valence-electron chi connectivity index (χ3n) is 4.96. The number of anilines is 1. The summed E-state index contributed by atoms with van der Waals surface area (Å²) in [6, 6.07) is 19.1. The molecule has 0 spiro atoms. The van der Waals surface area contributed by atoms with Gasteiger partial charge < -0.3 is 25.9 Å². The van der Waals surface area contributed by atoms with Crippen LogP contribution in [0.2, 0.25) is 0 Å². The van der Waals surface area contributed by atoms with Crippen LogP contribution in [0.3, 0.4) is 0 Å². The molecule has 0 radical (unpaired) electrons. The topological polar surface area (TPSA) is 156 Å². The molecule has 0 fully saturated rings. The molecule has 4 rings (SSSR count). The number of hydrogen-bond donors (Lipinski definition) is 4. The van der Waals surface area contributed by atoms with Crippen LogP contribution in [-0.4, -0.2) is 32.1 Å². The summed E-state index contributed by atoms with van der Waals surface area (Å²) in [6.07, 6.45) is 0.739. The first-order valence-corrected chi connectivity index (χ1v) is 10.4. The molecule has 2 amide bonds. The van der Waals surface area contributed by atoms with Gasteiger partial charge in [-0.2, -0.15) is 0 Å². The average Bonchev–Trinajstić information content (AvgIpc) is 3.37. The molecule has 0 aliphatic rings. The Balaban J connectivity index is 1.44. The van der Waals surface area contributed by atoms with Crippen molar-refractivity contribution in [2.24, 2.45) is 0 Å². The zero-order valence-corrected chi connectivity index (χ0v) is 18.0. The molecule has 10 heteroatoms. The average molecular weight is 458 g/mol. The zero-order valence-electron chi connectivity index (χ0n) is 18.0.